The van der Waals surface area contributed by atoms with Crippen LogP contribution in [-0.4, -0.2) is 18.9 Å². The Morgan fingerprint density at radius 2 is 1.74 bits per heavy atom. The van der Waals surface area contributed by atoms with E-state index in [1.165, 1.54) is 0 Å². The molecule has 0 fully saturated rings. The molecule has 0 unspecified atom stereocenters. The first-order valence-corrected chi connectivity index (χ1v) is 8.34. The molecular formula is C21H16N2O4. The first-order valence-electron chi connectivity index (χ1n) is 8.34. The molecule has 0 saturated heterocycles. The molecule has 1 heterocycles. The van der Waals surface area contributed by atoms with Crippen molar-refractivity contribution in [2.75, 3.05) is 6.79 Å². The van der Waals surface area contributed by atoms with Crippen LogP contribution < -0.4 is 19.6 Å². The number of fused-ring (bicyclic) bond motifs is 1. The summed E-state index contributed by atoms with van der Waals surface area (Å²) in [7, 11) is 0. The smallest absolute Gasteiger partial charge is 0.271 e. The zero-order valence-corrected chi connectivity index (χ0v) is 14.3. The Hall–Kier alpha value is -3.80. The van der Waals surface area contributed by atoms with E-state index in [0.717, 1.165) is 11.3 Å². The van der Waals surface area contributed by atoms with Gasteiger partial charge in [0.25, 0.3) is 5.91 Å². The number of carbonyl (C=O) groups is 1. The Morgan fingerprint density at radius 1 is 0.926 bits per heavy atom. The average Bonchev–Trinajstić information content (AvgIpc) is 3.17. The van der Waals surface area contributed by atoms with Crippen LogP contribution in [0.3, 0.4) is 0 Å². The fourth-order valence-corrected chi connectivity index (χ4v) is 2.55. The SMILES string of the molecule is O=C(N/N=C\c1cccc(Oc2ccccc2)c1)c1ccc2c(c1)OCO2. The molecule has 0 radical (unpaired) electrons. The number of hydrazone groups is 1. The minimum Gasteiger partial charge on any atom is -0.457 e. The van der Waals surface area contributed by atoms with Crippen LogP contribution in [0.25, 0.3) is 0 Å². The molecule has 0 aliphatic carbocycles. The lowest BCUT2D eigenvalue weighted by Gasteiger charge is -2.06. The lowest BCUT2D eigenvalue weighted by molar-refractivity contribution is 0.0954. The van der Waals surface area contributed by atoms with Gasteiger partial charge in [-0.1, -0.05) is 30.3 Å². The number of carbonyl (C=O) groups excluding carboxylic acids is 1. The lowest BCUT2D eigenvalue weighted by atomic mass is 10.2. The van der Waals surface area contributed by atoms with Crippen molar-refractivity contribution in [3.63, 3.8) is 0 Å². The van der Waals surface area contributed by atoms with Crippen LogP contribution in [0.15, 0.2) is 77.9 Å². The highest BCUT2D eigenvalue weighted by atomic mass is 16.7. The first kappa shape index (κ1) is 16.7. The molecular weight excluding hydrogens is 344 g/mol. The van der Waals surface area contributed by atoms with Crippen LogP contribution >= 0.6 is 0 Å². The van der Waals surface area contributed by atoms with Gasteiger partial charge in [-0.3, -0.25) is 4.79 Å². The second-order valence-corrected chi connectivity index (χ2v) is 5.75. The molecule has 134 valence electrons. The topological polar surface area (TPSA) is 69.2 Å². The van der Waals surface area contributed by atoms with Crippen LogP contribution in [0.1, 0.15) is 15.9 Å². The summed E-state index contributed by atoms with van der Waals surface area (Å²) in [6.07, 6.45) is 1.56. The third-order valence-electron chi connectivity index (χ3n) is 3.85. The molecule has 0 atom stereocenters. The second kappa shape index (κ2) is 7.61. The molecule has 0 aromatic heterocycles. The lowest BCUT2D eigenvalue weighted by Crippen LogP contribution is -2.17. The highest BCUT2D eigenvalue weighted by Crippen LogP contribution is 2.32. The predicted octanol–water partition coefficient (Wildman–Crippen LogP) is 3.97. The maximum Gasteiger partial charge on any atom is 0.271 e. The Labute approximate surface area is 156 Å². The Bertz CT molecular complexity index is 986. The van der Waals surface area contributed by atoms with Gasteiger partial charge in [0.1, 0.15) is 11.5 Å². The molecule has 27 heavy (non-hydrogen) atoms. The monoisotopic (exact) mass is 360 g/mol. The number of nitrogens with zero attached hydrogens (tertiary/aromatic N) is 1. The fraction of sp³-hybridized carbons (Fsp3) is 0.0476. The zero-order chi connectivity index (χ0) is 18.5. The van der Waals surface area contributed by atoms with Crippen LogP contribution in [0.4, 0.5) is 0 Å². The Morgan fingerprint density at radius 3 is 2.63 bits per heavy atom. The third-order valence-corrected chi connectivity index (χ3v) is 3.85. The van der Waals surface area contributed by atoms with Gasteiger partial charge in [-0.05, 0) is 48.0 Å². The average molecular weight is 360 g/mol. The molecule has 0 spiro atoms. The maximum atomic E-state index is 12.2. The van der Waals surface area contributed by atoms with Gasteiger partial charge < -0.3 is 14.2 Å². The predicted molar refractivity (Wildman–Crippen MR) is 101 cm³/mol. The summed E-state index contributed by atoms with van der Waals surface area (Å²) in [5.74, 6) is 2.29. The van der Waals surface area contributed by atoms with Gasteiger partial charge in [0.15, 0.2) is 11.5 Å². The van der Waals surface area contributed by atoms with Gasteiger partial charge in [-0.15, -0.1) is 0 Å². The zero-order valence-electron chi connectivity index (χ0n) is 14.3. The Kier molecular flexibility index (Phi) is 4.70. The second-order valence-electron chi connectivity index (χ2n) is 5.75. The molecule has 6 nitrogen and oxygen atoms in total. The van der Waals surface area contributed by atoms with Crippen molar-refractivity contribution >= 4 is 12.1 Å². The van der Waals surface area contributed by atoms with Gasteiger partial charge in [-0.25, -0.2) is 5.43 Å². The largest absolute Gasteiger partial charge is 0.457 e. The van der Waals surface area contributed by atoms with E-state index in [9.17, 15) is 4.79 Å². The normalized spacial score (nSPS) is 12.1. The Balaban J connectivity index is 1.39. The molecule has 4 rings (SSSR count). The van der Waals surface area contributed by atoms with E-state index < -0.39 is 0 Å². The van der Waals surface area contributed by atoms with Gasteiger partial charge in [-0.2, -0.15) is 5.10 Å². The van der Waals surface area contributed by atoms with Crippen LogP contribution in [0, 0.1) is 0 Å². The molecule has 1 N–H and O–H groups in total. The summed E-state index contributed by atoms with van der Waals surface area (Å²) < 4.78 is 16.3. The molecule has 0 saturated carbocycles. The van der Waals surface area contributed by atoms with E-state index in [1.807, 2.05) is 54.6 Å². The molecule has 6 heteroatoms. The standard InChI is InChI=1S/C21H16N2O4/c24-21(16-9-10-19-20(12-16)26-14-25-19)23-22-13-15-5-4-8-18(11-15)27-17-6-2-1-3-7-17/h1-13H,14H2,(H,23,24)/b22-13-. The van der Waals surface area contributed by atoms with Crippen molar-refractivity contribution in [1.82, 2.24) is 5.43 Å². The van der Waals surface area contributed by atoms with Gasteiger partial charge in [0, 0.05) is 5.56 Å². The van der Waals surface area contributed by atoms with E-state index >= 15 is 0 Å². The van der Waals surface area contributed by atoms with Crippen molar-refractivity contribution in [3.05, 3.63) is 83.9 Å². The number of hydrogen-bond donors (Lipinski definition) is 1. The summed E-state index contributed by atoms with van der Waals surface area (Å²) in [5.41, 5.74) is 3.74. The highest BCUT2D eigenvalue weighted by Gasteiger charge is 2.15. The van der Waals surface area contributed by atoms with E-state index in [-0.39, 0.29) is 12.7 Å². The van der Waals surface area contributed by atoms with E-state index in [0.29, 0.717) is 22.8 Å². The fourth-order valence-electron chi connectivity index (χ4n) is 2.55. The van der Waals surface area contributed by atoms with Crippen molar-refractivity contribution < 1.29 is 19.0 Å². The summed E-state index contributed by atoms with van der Waals surface area (Å²) in [6, 6.07) is 21.9. The summed E-state index contributed by atoms with van der Waals surface area (Å²) in [4.78, 5) is 12.2. The van der Waals surface area contributed by atoms with Gasteiger partial charge in [0.2, 0.25) is 6.79 Å². The van der Waals surface area contributed by atoms with Crippen LogP contribution in [0.2, 0.25) is 0 Å². The minimum atomic E-state index is -0.332. The summed E-state index contributed by atoms with van der Waals surface area (Å²) >= 11 is 0. The number of amides is 1. The number of ether oxygens (including phenoxy) is 3. The number of para-hydroxylation sites is 1. The van der Waals surface area contributed by atoms with Crippen LogP contribution in [0.5, 0.6) is 23.0 Å². The summed E-state index contributed by atoms with van der Waals surface area (Å²) in [5, 5.41) is 4.01. The van der Waals surface area contributed by atoms with Crippen LogP contribution in [-0.2, 0) is 0 Å². The number of nitrogens with one attached hydrogen (secondary N) is 1. The quantitative estimate of drug-likeness (QED) is 0.552. The molecule has 1 amide bonds. The van der Waals surface area contributed by atoms with Crippen molar-refractivity contribution in [2.45, 2.75) is 0 Å². The highest BCUT2D eigenvalue weighted by molar-refractivity contribution is 5.95. The maximum absolute atomic E-state index is 12.2. The summed E-state index contributed by atoms with van der Waals surface area (Å²) in [6.45, 7) is 0.167. The minimum absolute atomic E-state index is 0.167. The number of rotatable bonds is 5. The number of hydrogen-bond acceptors (Lipinski definition) is 5. The van der Waals surface area contributed by atoms with Gasteiger partial charge >= 0.3 is 0 Å². The molecule has 3 aromatic rings. The van der Waals surface area contributed by atoms with E-state index in [1.54, 1.807) is 24.4 Å². The molecule has 0 bridgehead atoms. The third kappa shape index (κ3) is 4.07. The van der Waals surface area contributed by atoms with Gasteiger partial charge in [0.05, 0.1) is 6.21 Å². The molecule has 1 aliphatic rings. The van der Waals surface area contributed by atoms with Crippen molar-refractivity contribution in [1.29, 1.82) is 0 Å². The number of benzene rings is 3. The van der Waals surface area contributed by atoms with Crippen molar-refractivity contribution in [3.8, 4) is 23.0 Å². The first-order chi connectivity index (χ1) is 13.3. The molecule has 1 aliphatic heterocycles. The van der Waals surface area contributed by atoms with Crippen molar-refractivity contribution in [2.24, 2.45) is 5.10 Å². The van der Waals surface area contributed by atoms with E-state index in [4.69, 9.17) is 14.2 Å². The molecule has 3 aromatic carbocycles. The van der Waals surface area contributed by atoms with E-state index in [2.05, 4.69) is 10.5 Å².